The van der Waals surface area contributed by atoms with Gasteiger partial charge < -0.3 is 14.2 Å². The summed E-state index contributed by atoms with van der Waals surface area (Å²) < 4.78 is 15.8. The van der Waals surface area contributed by atoms with Crippen LogP contribution in [0.2, 0.25) is 0 Å². The molecule has 0 saturated heterocycles. The van der Waals surface area contributed by atoms with Gasteiger partial charge in [-0.15, -0.1) is 11.3 Å². The first kappa shape index (κ1) is 19.4. The summed E-state index contributed by atoms with van der Waals surface area (Å²) in [7, 11) is 4.76. The lowest BCUT2D eigenvalue weighted by molar-refractivity contribution is -0.111. The van der Waals surface area contributed by atoms with Crippen molar-refractivity contribution in [1.29, 1.82) is 0 Å². The van der Waals surface area contributed by atoms with Gasteiger partial charge in [-0.1, -0.05) is 18.2 Å². The summed E-state index contributed by atoms with van der Waals surface area (Å²) in [5.74, 6) is 1.71. The van der Waals surface area contributed by atoms with Crippen molar-refractivity contribution in [3.63, 3.8) is 0 Å². The monoisotopic (exact) mass is 396 g/mol. The van der Waals surface area contributed by atoms with Crippen LogP contribution >= 0.6 is 11.3 Å². The molecule has 6 nitrogen and oxygen atoms in total. The summed E-state index contributed by atoms with van der Waals surface area (Å²) in [5, 5.41) is 5.17. The molecule has 0 fully saturated rings. The zero-order chi connectivity index (χ0) is 19.9. The fraction of sp³-hybridized carbons (Fsp3) is 0.143. The molecule has 1 N–H and O–H groups in total. The summed E-state index contributed by atoms with van der Waals surface area (Å²) in [6, 6.07) is 13.0. The molecule has 0 bridgehead atoms. The van der Waals surface area contributed by atoms with E-state index in [0.29, 0.717) is 16.6 Å². The Morgan fingerprint density at radius 1 is 1.00 bits per heavy atom. The molecule has 0 aliphatic rings. The molecule has 0 radical (unpaired) electrons. The second-order valence-electron chi connectivity index (χ2n) is 5.68. The highest BCUT2D eigenvalue weighted by atomic mass is 32.1. The van der Waals surface area contributed by atoms with Gasteiger partial charge in [-0.3, -0.25) is 10.1 Å². The van der Waals surface area contributed by atoms with E-state index in [0.717, 1.165) is 22.6 Å². The number of carbonyl (C=O) groups is 1. The van der Waals surface area contributed by atoms with Crippen molar-refractivity contribution in [3.8, 4) is 28.5 Å². The van der Waals surface area contributed by atoms with E-state index in [-0.39, 0.29) is 5.91 Å². The number of ether oxygens (including phenoxy) is 3. The molecule has 2 aromatic carbocycles. The number of rotatable bonds is 7. The molecule has 144 valence electrons. The number of hydrogen-bond donors (Lipinski definition) is 1. The number of nitrogens with one attached hydrogen (secondary N) is 1. The first-order valence-electron chi connectivity index (χ1n) is 8.44. The Morgan fingerprint density at radius 2 is 1.75 bits per heavy atom. The number of thiazole rings is 1. The highest BCUT2D eigenvalue weighted by molar-refractivity contribution is 7.14. The van der Waals surface area contributed by atoms with E-state index in [2.05, 4.69) is 10.3 Å². The minimum Gasteiger partial charge on any atom is -0.496 e. The van der Waals surface area contributed by atoms with Crippen molar-refractivity contribution in [2.45, 2.75) is 0 Å². The normalized spacial score (nSPS) is 10.7. The number of nitrogens with zero attached hydrogens (tertiary/aromatic N) is 1. The molecule has 3 aromatic rings. The Bertz CT molecular complexity index is 998. The minimum atomic E-state index is -0.268. The van der Waals surface area contributed by atoms with Gasteiger partial charge in [0.25, 0.3) is 0 Å². The van der Waals surface area contributed by atoms with Gasteiger partial charge in [0.15, 0.2) is 16.6 Å². The van der Waals surface area contributed by atoms with Crippen LogP contribution in [0.1, 0.15) is 5.56 Å². The quantitative estimate of drug-likeness (QED) is 0.596. The third kappa shape index (κ3) is 4.50. The molecule has 0 unspecified atom stereocenters. The highest BCUT2D eigenvalue weighted by Crippen LogP contribution is 2.32. The summed E-state index contributed by atoms with van der Waals surface area (Å²) in [5.41, 5.74) is 2.45. The van der Waals surface area contributed by atoms with Crippen LogP contribution in [0, 0.1) is 0 Å². The number of carbonyl (C=O) groups excluding carboxylic acids is 1. The molecule has 0 aliphatic heterocycles. The van der Waals surface area contributed by atoms with E-state index < -0.39 is 0 Å². The van der Waals surface area contributed by atoms with Crippen molar-refractivity contribution in [1.82, 2.24) is 4.98 Å². The number of hydrogen-bond acceptors (Lipinski definition) is 6. The number of benzene rings is 2. The Morgan fingerprint density at radius 3 is 2.50 bits per heavy atom. The van der Waals surface area contributed by atoms with Crippen LogP contribution in [0.4, 0.5) is 5.13 Å². The molecule has 3 rings (SSSR count). The van der Waals surface area contributed by atoms with Crippen LogP contribution < -0.4 is 19.5 Å². The van der Waals surface area contributed by atoms with Gasteiger partial charge in [0, 0.05) is 17.0 Å². The predicted octanol–water partition coefficient (Wildman–Crippen LogP) is 4.49. The molecular formula is C21H20N2O4S. The molecule has 0 spiro atoms. The van der Waals surface area contributed by atoms with E-state index in [4.69, 9.17) is 14.2 Å². The van der Waals surface area contributed by atoms with E-state index >= 15 is 0 Å². The summed E-state index contributed by atoms with van der Waals surface area (Å²) >= 11 is 1.36. The first-order valence-corrected chi connectivity index (χ1v) is 9.32. The number of para-hydroxylation sites is 1. The molecule has 1 amide bonds. The molecule has 0 atom stereocenters. The highest BCUT2D eigenvalue weighted by Gasteiger charge is 2.10. The lowest BCUT2D eigenvalue weighted by atomic mass is 10.1. The van der Waals surface area contributed by atoms with Crippen LogP contribution in [0.3, 0.4) is 0 Å². The van der Waals surface area contributed by atoms with Gasteiger partial charge >= 0.3 is 0 Å². The number of amides is 1. The molecule has 28 heavy (non-hydrogen) atoms. The molecule has 1 heterocycles. The number of methoxy groups -OCH3 is 3. The Kier molecular flexibility index (Phi) is 6.29. The maximum absolute atomic E-state index is 12.2. The third-order valence-electron chi connectivity index (χ3n) is 3.95. The average molecular weight is 396 g/mol. The van der Waals surface area contributed by atoms with Gasteiger partial charge in [-0.05, 0) is 35.9 Å². The maximum Gasteiger partial charge on any atom is 0.250 e. The first-order chi connectivity index (χ1) is 13.6. The van der Waals surface area contributed by atoms with E-state index in [1.807, 2.05) is 35.7 Å². The Balaban J connectivity index is 1.69. The molecule has 7 heteroatoms. The lowest BCUT2D eigenvalue weighted by Gasteiger charge is -2.07. The molecule has 1 aromatic heterocycles. The SMILES string of the molecule is COc1ccc(/C=C/C(=O)Nc2nc(-c3ccccc3OC)cs2)cc1OC. The Hall–Kier alpha value is -3.32. The zero-order valence-corrected chi connectivity index (χ0v) is 16.6. The van der Waals surface area contributed by atoms with Crippen LogP contribution in [-0.2, 0) is 4.79 Å². The molecule has 0 saturated carbocycles. The van der Waals surface area contributed by atoms with Crippen molar-refractivity contribution >= 4 is 28.5 Å². The van der Waals surface area contributed by atoms with Gasteiger partial charge in [0.2, 0.25) is 5.91 Å². The van der Waals surface area contributed by atoms with Gasteiger partial charge in [0.1, 0.15) is 5.75 Å². The average Bonchev–Trinajstić information content (AvgIpc) is 3.20. The number of aromatic nitrogens is 1. The standard InChI is InChI=1S/C21H20N2O4S/c1-25-17-7-5-4-6-15(17)16-13-28-21(22-16)23-20(24)11-9-14-8-10-18(26-2)19(12-14)27-3/h4-13H,1-3H3,(H,22,23,24)/b11-9+. The van der Waals surface area contributed by atoms with Crippen molar-refractivity contribution < 1.29 is 19.0 Å². The second kappa shape index (κ2) is 9.05. The van der Waals surface area contributed by atoms with Gasteiger partial charge in [-0.2, -0.15) is 0 Å². The minimum absolute atomic E-state index is 0.268. The van der Waals surface area contributed by atoms with E-state index in [9.17, 15) is 4.79 Å². The van der Waals surface area contributed by atoms with Crippen molar-refractivity contribution in [3.05, 3.63) is 59.5 Å². The van der Waals surface area contributed by atoms with Crippen molar-refractivity contribution in [2.75, 3.05) is 26.6 Å². The van der Waals surface area contributed by atoms with Crippen molar-refractivity contribution in [2.24, 2.45) is 0 Å². The summed E-state index contributed by atoms with van der Waals surface area (Å²) in [4.78, 5) is 16.7. The van der Waals surface area contributed by atoms with Gasteiger partial charge in [0.05, 0.1) is 27.0 Å². The predicted molar refractivity (Wildman–Crippen MR) is 111 cm³/mol. The topological polar surface area (TPSA) is 69.7 Å². The smallest absolute Gasteiger partial charge is 0.250 e. The van der Waals surface area contributed by atoms with E-state index in [1.165, 1.54) is 17.4 Å². The van der Waals surface area contributed by atoms with Crippen LogP contribution in [0.25, 0.3) is 17.3 Å². The Labute approximate surface area is 167 Å². The fourth-order valence-corrected chi connectivity index (χ4v) is 3.30. The van der Waals surface area contributed by atoms with Crippen LogP contribution in [0.5, 0.6) is 17.2 Å². The fourth-order valence-electron chi connectivity index (χ4n) is 2.59. The van der Waals surface area contributed by atoms with E-state index in [1.54, 1.807) is 39.5 Å². The third-order valence-corrected chi connectivity index (χ3v) is 4.71. The largest absolute Gasteiger partial charge is 0.496 e. The zero-order valence-electron chi connectivity index (χ0n) is 15.8. The maximum atomic E-state index is 12.2. The van der Waals surface area contributed by atoms with Crippen LogP contribution in [-0.4, -0.2) is 32.2 Å². The molecular weight excluding hydrogens is 376 g/mol. The summed E-state index contributed by atoms with van der Waals surface area (Å²) in [6.45, 7) is 0. The second-order valence-corrected chi connectivity index (χ2v) is 6.53. The molecule has 0 aliphatic carbocycles. The lowest BCUT2D eigenvalue weighted by Crippen LogP contribution is -2.07. The van der Waals surface area contributed by atoms with Gasteiger partial charge in [-0.25, -0.2) is 4.98 Å². The number of anilines is 1. The summed E-state index contributed by atoms with van der Waals surface area (Å²) in [6.07, 6.45) is 3.15. The van der Waals surface area contributed by atoms with Crippen LogP contribution in [0.15, 0.2) is 53.9 Å².